The first-order valence-corrected chi connectivity index (χ1v) is 8.44. The fraction of sp³-hybridized carbons (Fsp3) is 0. The maximum atomic E-state index is 11.0. The van der Waals surface area contributed by atoms with Crippen LogP contribution >= 0.6 is 11.3 Å². The minimum atomic E-state index is -1.01. The molecule has 0 bridgehead atoms. The predicted molar refractivity (Wildman–Crippen MR) is 97.2 cm³/mol. The molecule has 0 radical (unpaired) electrons. The summed E-state index contributed by atoms with van der Waals surface area (Å²) in [4.78, 5) is 24.4. The van der Waals surface area contributed by atoms with Crippen LogP contribution in [-0.2, 0) is 0 Å². The minimum absolute atomic E-state index is 0.138. The molecular weight excluding hydrogens is 352 g/mol. The van der Waals surface area contributed by atoms with E-state index in [1.807, 2.05) is 24.3 Å². The van der Waals surface area contributed by atoms with E-state index in [1.54, 1.807) is 18.2 Å². The number of aromatic nitrogens is 1. The van der Waals surface area contributed by atoms with E-state index in [0.717, 1.165) is 10.7 Å². The van der Waals surface area contributed by atoms with Crippen molar-refractivity contribution in [2.45, 2.75) is 0 Å². The van der Waals surface area contributed by atoms with Gasteiger partial charge in [-0.2, -0.15) is 4.98 Å². The maximum absolute atomic E-state index is 11.0. The zero-order valence-corrected chi connectivity index (χ0v) is 14.1. The average Bonchev–Trinajstić information content (AvgIpc) is 3.18. The Morgan fingerprint density at radius 3 is 2.50 bits per heavy atom. The van der Waals surface area contributed by atoms with Gasteiger partial charge in [0, 0.05) is 11.8 Å². The van der Waals surface area contributed by atoms with Gasteiger partial charge < -0.3 is 15.5 Å². The van der Waals surface area contributed by atoms with Crippen LogP contribution in [0.3, 0.4) is 0 Å². The Kier molecular flexibility index (Phi) is 3.94. The number of carboxylic acid groups (broad SMARTS) is 1. The lowest BCUT2D eigenvalue weighted by molar-refractivity contribution is 0.0697. The van der Waals surface area contributed by atoms with Gasteiger partial charge in [-0.1, -0.05) is 29.5 Å². The number of carbonyl (C=O) groups is 1. The Morgan fingerprint density at radius 2 is 1.81 bits per heavy atom. The summed E-state index contributed by atoms with van der Waals surface area (Å²) in [6.45, 7) is 0. The highest BCUT2D eigenvalue weighted by Gasteiger charge is 2.12. The number of anilines is 2. The van der Waals surface area contributed by atoms with Crippen molar-refractivity contribution in [3.8, 4) is 5.88 Å². The van der Waals surface area contributed by atoms with Gasteiger partial charge in [0.1, 0.15) is 0 Å². The van der Waals surface area contributed by atoms with Crippen molar-refractivity contribution >= 4 is 34.2 Å². The van der Waals surface area contributed by atoms with Crippen LogP contribution in [0.4, 0.5) is 10.8 Å². The first-order chi connectivity index (χ1) is 12.6. The number of benzene rings is 2. The number of nitrogens with zero attached hydrogens (tertiary/aromatic N) is 3. The summed E-state index contributed by atoms with van der Waals surface area (Å²) in [7, 11) is 0. The molecule has 0 spiro atoms. The molecular formula is C18H12N4O3S. The molecule has 7 nitrogen and oxygen atoms in total. The second-order valence-corrected chi connectivity index (χ2v) is 6.46. The Bertz CT molecular complexity index is 1130. The van der Waals surface area contributed by atoms with E-state index < -0.39 is 5.97 Å². The van der Waals surface area contributed by atoms with Crippen molar-refractivity contribution < 1.29 is 15.0 Å². The Morgan fingerprint density at radius 1 is 1.08 bits per heavy atom. The third kappa shape index (κ3) is 3.17. The van der Waals surface area contributed by atoms with Crippen LogP contribution in [0, 0.1) is 0 Å². The zero-order chi connectivity index (χ0) is 18.1. The summed E-state index contributed by atoms with van der Waals surface area (Å²) in [5.74, 6) is -0.657. The highest BCUT2D eigenvalue weighted by Crippen LogP contribution is 2.32. The highest BCUT2D eigenvalue weighted by atomic mass is 32.1. The first-order valence-electron chi connectivity index (χ1n) is 7.63. The second-order valence-electron chi connectivity index (χ2n) is 5.43. The minimum Gasteiger partial charge on any atom is -0.492 e. The standard InChI is InChI=1S/C18H12N4O3S/c23-16-14(9-15-20-12-6-1-2-7-13(12)21-15)26-18(22-16)19-11-5-3-4-10(8-11)17(24)25/h1-9,23H,(H,19,22)(H,24,25). The van der Waals surface area contributed by atoms with E-state index in [9.17, 15) is 9.90 Å². The molecule has 0 aliphatic carbocycles. The maximum Gasteiger partial charge on any atom is 0.335 e. The van der Waals surface area contributed by atoms with Gasteiger partial charge in [-0.25, -0.2) is 14.8 Å². The molecule has 2 heterocycles. The lowest BCUT2D eigenvalue weighted by Gasteiger charge is -2.02. The molecule has 8 heteroatoms. The number of carboxylic acids is 1. The summed E-state index contributed by atoms with van der Waals surface area (Å²) >= 11 is 1.22. The van der Waals surface area contributed by atoms with Gasteiger partial charge in [-0.15, -0.1) is 0 Å². The monoisotopic (exact) mass is 364 g/mol. The fourth-order valence-corrected chi connectivity index (χ4v) is 3.24. The second kappa shape index (κ2) is 6.41. The number of rotatable bonds is 4. The number of thiazole rings is 1. The number of aromatic carboxylic acids is 1. The van der Waals surface area contributed by atoms with E-state index in [1.165, 1.54) is 23.5 Å². The first kappa shape index (κ1) is 16.0. The molecule has 0 saturated carbocycles. The summed E-state index contributed by atoms with van der Waals surface area (Å²) in [5.41, 5.74) is 0.736. The molecule has 3 N–H and O–H groups in total. The number of hydrogen-bond acceptors (Lipinski definition) is 7. The molecule has 1 aliphatic heterocycles. The molecule has 4 rings (SSSR count). The summed E-state index contributed by atoms with van der Waals surface area (Å²) in [6, 6.07) is 13.9. The van der Waals surface area contributed by atoms with Crippen molar-refractivity contribution in [1.82, 2.24) is 4.98 Å². The number of aromatic hydroxyl groups is 1. The molecule has 0 saturated heterocycles. The number of fused-ring (bicyclic) bond motifs is 1. The van der Waals surface area contributed by atoms with E-state index in [4.69, 9.17) is 5.11 Å². The third-order valence-corrected chi connectivity index (χ3v) is 4.51. The van der Waals surface area contributed by atoms with Crippen molar-refractivity contribution in [1.29, 1.82) is 0 Å². The van der Waals surface area contributed by atoms with Gasteiger partial charge >= 0.3 is 5.97 Å². The quantitative estimate of drug-likeness (QED) is 0.659. The van der Waals surface area contributed by atoms with Crippen LogP contribution in [0.5, 0.6) is 5.88 Å². The SMILES string of the molecule is O=C(O)c1cccc(Nc2nc(O)c(C=C3N=c4ccccc4=N3)s2)c1. The van der Waals surface area contributed by atoms with Crippen molar-refractivity contribution in [2.24, 2.45) is 9.98 Å². The predicted octanol–water partition coefficient (Wildman–Crippen LogP) is 2.54. The molecule has 2 aromatic carbocycles. The van der Waals surface area contributed by atoms with Gasteiger partial charge in [0.2, 0.25) is 5.88 Å². The van der Waals surface area contributed by atoms with E-state index in [0.29, 0.717) is 21.5 Å². The van der Waals surface area contributed by atoms with E-state index >= 15 is 0 Å². The molecule has 0 fully saturated rings. The van der Waals surface area contributed by atoms with Crippen molar-refractivity contribution in [3.63, 3.8) is 0 Å². The van der Waals surface area contributed by atoms with Gasteiger partial charge in [-0.3, -0.25) is 0 Å². The molecule has 0 atom stereocenters. The van der Waals surface area contributed by atoms with E-state index in [-0.39, 0.29) is 11.4 Å². The Labute approximate surface area is 151 Å². The fourth-order valence-electron chi connectivity index (χ4n) is 2.43. The summed E-state index contributed by atoms with van der Waals surface area (Å²) in [5, 5.41) is 24.1. The van der Waals surface area contributed by atoms with Gasteiger partial charge in [0.25, 0.3) is 0 Å². The molecule has 3 aromatic rings. The molecule has 0 unspecified atom stereocenters. The van der Waals surface area contributed by atoms with Crippen molar-refractivity contribution in [2.75, 3.05) is 5.32 Å². The lowest BCUT2D eigenvalue weighted by Crippen LogP contribution is -2.19. The summed E-state index contributed by atoms with van der Waals surface area (Å²) in [6.07, 6.45) is 1.66. The zero-order valence-electron chi connectivity index (χ0n) is 13.2. The Balaban J connectivity index is 1.61. The number of para-hydroxylation sites is 2. The molecule has 26 heavy (non-hydrogen) atoms. The smallest absolute Gasteiger partial charge is 0.335 e. The van der Waals surface area contributed by atoms with Crippen LogP contribution in [0.15, 0.2) is 64.3 Å². The normalized spacial score (nSPS) is 12.1. The van der Waals surface area contributed by atoms with Crippen LogP contribution in [0.25, 0.3) is 6.08 Å². The molecule has 1 aliphatic rings. The van der Waals surface area contributed by atoms with Gasteiger partial charge in [0.05, 0.1) is 21.2 Å². The number of hydrogen-bond donors (Lipinski definition) is 3. The van der Waals surface area contributed by atoms with Crippen LogP contribution in [-0.4, -0.2) is 21.2 Å². The highest BCUT2D eigenvalue weighted by molar-refractivity contribution is 7.16. The largest absolute Gasteiger partial charge is 0.492 e. The van der Waals surface area contributed by atoms with Gasteiger partial charge in [-0.05, 0) is 30.3 Å². The molecule has 128 valence electrons. The topological polar surface area (TPSA) is 107 Å². The summed E-state index contributed by atoms with van der Waals surface area (Å²) < 4.78 is 0. The van der Waals surface area contributed by atoms with Crippen molar-refractivity contribution in [3.05, 3.63) is 75.5 Å². The number of nitrogens with one attached hydrogen (secondary N) is 1. The molecule has 1 aromatic heterocycles. The van der Waals surface area contributed by atoms with E-state index in [2.05, 4.69) is 20.3 Å². The van der Waals surface area contributed by atoms with Gasteiger partial charge in [0.15, 0.2) is 11.0 Å². The Hall–Kier alpha value is -3.52. The van der Waals surface area contributed by atoms with Crippen LogP contribution < -0.4 is 16.0 Å². The van der Waals surface area contributed by atoms with Crippen LogP contribution in [0.1, 0.15) is 15.2 Å². The lowest BCUT2D eigenvalue weighted by atomic mass is 10.2. The average molecular weight is 364 g/mol. The molecule has 0 amide bonds. The third-order valence-electron chi connectivity index (χ3n) is 3.61. The van der Waals surface area contributed by atoms with Crippen LogP contribution in [0.2, 0.25) is 0 Å².